The quantitative estimate of drug-likeness (QED) is 0.770. The second-order valence-electron chi connectivity index (χ2n) is 5.68. The molecule has 0 spiro atoms. The first-order valence-electron chi connectivity index (χ1n) is 7.47. The zero-order valence-electron chi connectivity index (χ0n) is 12.1. The number of amides is 2. The molecule has 0 aromatic heterocycles. The highest BCUT2D eigenvalue weighted by Gasteiger charge is 2.37. The molecule has 1 heterocycles. The van der Waals surface area contributed by atoms with Crippen LogP contribution in [-0.4, -0.2) is 41.9 Å². The van der Waals surface area contributed by atoms with Gasteiger partial charge in [0.05, 0.1) is 0 Å². The monoisotopic (exact) mass is 303 g/mol. The third kappa shape index (κ3) is 4.09. The fourth-order valence-corrected chi connectivity index (χ4v) is 2.84. The average Bonchev–Trinajstić information content (AvgIpc) is 3.11. The number of likely N-dealkylation sites (tertiary alicyclic amines) is 1. The Morgan fingerprint density at radius 1 is 1.35 bits per heavy atom. The summed E-state index contributed by atoms with van der Waals surface area (Å²) in [5.74, 6) is 0.648. The Bertz CT molecular complexity index is 347. The lowest BCUT2D eigenvalue weighted by Gasteiger charge is -2.26. The van der Waals surface area contributed by atoms with Gasteiger partial charge in [0.1, 0.15) is 6.04 Å². The molecule has 5 nitrogen and oxygen atoms in total. The summed E-state index contributed by atoms with van der Waals surface area (Å²) in [5, 5.41) is 3.04. The van der Waals surface area contributed by atoms with Crippen LogP contribution in [-0.2, 0) is 9.59 Å². The molecule has 2 fully saturated rings. The molecule has 2 aliphatic rings. The Labute approximate surface area is 127 Å². The summed E-state index contributed by atoms with van der Waals surface area (Å²) in [5.41, 5.74) is 5.71. The van der Waals surface area contributed by atoms with Crippen LogP contribution in [0.3, 0.4) is 0 Å². The normalized spacial score (nSPS) is 23.1. The molecule has 0 bridgehead atoms. The number of nitrogens with zero attached hydrogens (tertiary/aromatic N) is 1. The van der Waals surface area contributed by atoms with Crippen molar-refractivity contribution in [3.8, 4) is 0 Å². The van der Waals surface area contributed by atoms with E-state index in [1.165, 1.54) is 0 Å². The van der Waals surface area contributed by atoms with Gasteiger partial charge in [0.2, 0.25) is 11.8 Å². The van der Waals surface area contributed by atoms with Crippen molar-refractivity contribution < 1.29 is 9.59 Å². The van der Waals surface area contributed by atoms with Gasteiger partial charge in [-0.1, -0.05) is 6.92 Å². The van der Waals surface area contributed by atoms with Crippen LogP contribution in [0.1, 0.15) is 45.4 Å². The Kier molecular flexibility index (Phi) is 6.76. The number of nitrogens with two attached hydrogens (primary N) is 1. The summed E-state index contributed by atoms with van der Waals surface area (Å²) in [6.07, 6.45) is 5.38. The maximum Gasteiger partial charge on any atom is 0.243 e. The molecule has 1 saturated heterocycles. The predicted molar refractivity (Wildman–Crippen MR) is 80.6 cm³/mol. The molecule has 3 N–H and O–H groups in total. The van der Waals surface area contributed by atoms with Gasteiger partial charge in [0.25, 0.3) is 0 Å². The van der Waals surface area contributed by atoms with Crippen LogP contribution in [0.15, 0.2) is 0 Å². The van der Waals surface area contributed by atoms with Crippen molar-refractivity contribution in [1.82, 2.24) is 10.2 Å². The highest BCUT2D eigenvalue weighted by atomic mass is 35.5. The van der Waals surface area contributed by atoms with Gasteiger partial charge in [0.15, 0.2) is 0 Å². The van der Waals surface area contributed by atoms with Crippen molar-refractivity contribution in [2.75, 3.05) is 13.1 Å². The fourth-order valence-electron chi connectivity index (χ4n) is 2.84. The smallest absolute Gasteiger partial charge is 0.243 e. The van der Waals surface area contributed by atoms with E-state index in [0.29, 0.717) is 25.4 Å². The number of hydrogen-bond acceptors (Lipinski definition) is 3. The predicted octanol–water partition coefficient (Wildman–Crippen LogP) is 1.05. The second-order valence-corrected chi connectivity index (χ2v) is 5.68. The van der Waals surface area contributed by atoms with Crippen LogP contribution in [0.4, 0.5) is 0 Å². The lowest BCUT2D eigenvalue weighted by Crippen LogP contribution is -2.51. The molecule has 0 aromatic rings. The van der Waals surface area contributed by atoms with E-state index in [-0.39, 0.29) is 36.3 Å². The Balaban J connectivity index is 0.00000200. The molecule has 0 aromatic carbocycles. The molecule has 116 valence electrons. The second kappa shape index (κ2) is 7.84. The molecule has 1 aliphatic heterocycles. The van der Waals surface area contributed by atoms with E-state index in [0.717, 1.165) is 32.1 Å². The van der Waals surface area contributed by atoms with Gasteiger partial charge in [-0.25, -0.2) is 0 Å². The largest absolute Gasteiger partial charge is 0.350 e. The van der Waals surface area contributed by atoms with Crippen molar-refractivity contribution in [1.29, 1.82) is 0 Å². The topological polar surface area (TPSA) is 75.4 Å². The summed E-state index contributed by atoms with van der Waals surface area (Å²) in [6, 6.07) is -0.178. The van der Waals surface area contributed by atoms with Gasteiger partial charge in [-0.05, 0) is 38.0 Å². The summed E-state index contributed by atoms with van der Waals surface area (Å²) in [7, 11) is 0. The number of hydrogen-bond donors (Lipinski definition) is 2. The number of halogens is 1. The molecule has 1 saturated carbocycles. The molecule has 20 heavy (non-hydrogen) atoms. The van der Waals surface area contributed by atoms with Gasteiger partial charge < -0.3 is 16.0 Å². The molecule has 2 rings (SSSR count). The number of rotatable bonds is 6. The zero-order chi connectivity index (χ0) is 13.8. The van der Waals surface area contributed by atoms with Crippen LogP contribution in [0, 0.1) is 5.92 Å². The van der Waals surface area contributed by atoms with E-state index in [2.05, 4.69) is 5.32 Å². The van der Waals surface area contributed by atoms with Crippen LogP contribution in [0.25, 0.3) is 0 Å². The Morgan fingerprint density at radius 2 is 2.05 bits per heavy atom. The SMILES string of the molecule is CCCC(=O)N1CCCC1C(=O)NC(CN)C1CC1.Cl. The van der Waals surface area contributed by atoms with Crippen molar-refractivity contribution in [3.63, 3.8) is 0 Å². The molecular formula is C14H26ClN3O2. The first kappa shape index (κ1) is 17.2. The summed E-state index contributed by atoms with van der Waals surface area (Å²) >= 11 is 0. The summed E-state index contributed by atoms with van der Waals surface area (Å²) < 4.78 is 0. The highest BCUT2D eigenvalue weighted by Crippen LogP contribution is 2.32. The van der Waals surface area contributed by atoms with Gasteiger partial charge in [-0.2, -0.15) is 0 Å². The van der Waals surface area contributed by atoms with E-state index in [1.807, 2.05) is 6.92 Å². The summed E-state index contributed by atoms with van der Waals surface area (Å²) in [6.45, 7) is 3.19. The average molecular weight is 304 g/mol. The minimum Gasteiger partial charge on any atom is -0.350 e. The Hall–Kier alpha value is -0.810. The zero-order valence-corrected chi connectivity index (χ0v) is 13.0. The number of carbonyl (C=O) groups is 2. The van der Waals surface area contributed by atoms with E-state index in [4.69, 9.17) is 5.73 Å². The molecule has 1 aliphatic carbocycles. The summed E-state index contributed by atoms with van der Waals surface area (Å²) in [4.78, 5) is 26.0. The van der Waals surface area contributed by atoms with Gasteiger partial charge >= 0.3 is 0 Å². The molecule has 2 unspecified atom stereocenters. The lowest BCUT2D eigenvalue weighted by atomic mass is 10.1. The van der Waals surface area contributed by atoms with E-state index < -0.39 is 0 Å². The highest BCUT2D eigenvalue weighted by molar-refractivity contribution is 5.88. The molecule has 2 atom stereocenters. The first-order chi connectivity index (χ1) is 9.17. The van der Waals surface area contributed by atoms with Gasteiger partial charge in [-0.3, -0.25) is 9.59 Å². The molecular weight excluding hydrogens is 278 g/mol. The minimum absolute atomic E-state index is 0. The lowest BCUT2D eigenvalue weighted by molar-refractivity contribution is -0.138. The van der Waals surface area contributed by atoms with Crippen LogP contribution in [0.2, 0.25) is 0 Å². The number of nitrogens with one attached hydrogen (secondary N) is 1. The molecule has 6 heteroatoms. The fraction of sp³-hybridized carbons (Fsp3) is 0.857. The van der Waals surface area contributed by atoms with Crippen molar-refractivity contribution in [2.24, 2.45) is 11.7 Å². The minimum atomic E-state index is -0.271. The maximum atomic E-state index is 12.3. The van der Waals surface area contributed by atoms with Crippen LogP contribution in [0.5, 0.6) is 0 Å². The van der Waals surface area contributed by atoms with E-state index in [9.17, 15) is 9.59 Å². The standard InChI is InChI=1S/C14H25N3O2.ClH/c1-2-4-13(18)17-8-3-5-12(17)14(19)16-11(9-15)10-6-7-10;/h10-12H,2-9,15H2,1H3,(H,16,19);1H. The molecule has 0 radical (unpaired) electrons. The van der Waals surface area contributed by atoms with Gasteiger partial charge in [-0.15, -0.1) is 12.4 Å². The van der Waals surface area contributed by atoms with E-state index >= 15 is 0 Å². The van der Waals surface area contributed by atoms with Gasteiger partial charge in [0, 0.05) is 25.6 Å². The Morgan fingerprint density at radius 3 is 2.60 bits per heavy atom. The van der Waals surface area contributed by atoms with Crippen molar-refractivity contribution in [2.45, 2.75) is 57.5 Å². The van der Waals surface area contributed by atoms with Crippen LogP contribution >= 0.6 is 12.4 Å². The third-order valence-corrected chi connectivity index (χ3v) is 4.11. The maximum absolute atomic E-state index is 12.3. The third-order valence-electron chi connectivity index (χ3n) is 4.11. The molecule has 2 amide bonds. The van der Waals surface area contributed by atoms with Crippen molar-refractivity contribution >= 4 is 24.2 Å². The first-order valence-corrected chi connectivity index (χ1v) is 7.47. The number of carbonyl (C=O) groups excluding carboxylic acids is 2. The van der Waals surface area contributed by atoms with Crippen molar-refractivity contribution in [3.05, 3.63) is 0 Å². The van der Waals surface area contributed by atoms with E-state index in [1.54, 1.807) is 4.90 Å². The van der Waals surface area contributed by atoms with Crippen LogP contribution < -0.4 is 11.1 Å².